The summed E-state index contributed by atoms with van der Waals surface area (Å²) in [7, 11) is 0. The van der Waals surface area contributed by atoms with Crippen LogP contribution in [0.5, 0.6) is 0 Å². The van der Waals surface area contributed by atoms with Gasteiger partial charge in [-0.25, -0.2) is 4.79 Å². The summed E-state index contributed by atoms with van der Waals surface area (Å²) >= 11 is 0. The number of carboxylic acid groups (broad SMARTS) is 1. The fourth-order valence-electron chi connectivity index (χ4n) is 1.41. The Balaban J connectivity index is 0.000000980. The van der Waals surface area contributed by atoms with Gasteiger partial charge in [0.25, 0.3) is 0 Å². The molecule has 2 aromatic rings. The van der Waals surface area contributed by atoms with Gasteiger partial charge in [0.05, 0.1) is 5.56 Å². The molecule has 0 saturated heterocycles. The van der Waals surface area contributed by atoms with Crippen LogP contribution in [0.25, 0.3) is 10.8 Å². The number of carboxylic acids is 1. The van der Waals surface area contributed by atoms with Gasteiger partial charge in [-0.2, -0.15) is 0 Å². The number of hydrogen-bond acceptors (Lipinski definition) is 1. The Kier molecular flexibility index (Phi) is 5.60. The molecule has 0 unspecified atom stereocenters. The third kappa shape index (κ3) is 2.82. The molecule has 0 aliphatic carbocycles. The minimum absolute atomic E-state index is 0. The maximum Gasteiger partial charge on any atom is 0.336 e. The van der Waals surface area contributed by atoms with Crippen LogP contribution in [0.4, 0.5) is 0 Å². The normalized spacial score (nSPS) is 8.80. The Bertz CT molecular complexity index is 464. The van der Waals surface area contributed by atoms with Crippen molar-refractivity contribution in [2.24, 2.45) is 0 Å². The number of aromatic carboxylic acids is 1. The summed E-state index contributed by atoms with van der Waals surface area (Å²) < 4.78 is 0. The second-order valence-electron chi connectivity index (χ2n) is 2.83. The molecule has 2 radical (unpaired) electrons. The van der Waals surface area contributed by atoms with Gasteiger partial charge in [0.2, 0.25) is 0 Å². The Morgan fingerprint density at radius 2 is 1.53 bits per heavy atom. The predicted octanol–water partition coefficient (Wildman–Crippen LogP) is 2.53. The molecule has 1 N–H and O–H groups in total. The molecule has 2 nitrogen and oxygen atoms in total. The summed E-state index contributed by atoms with van der Waals surface area (Å²) in [6.07, 6.45) is 0. The first-order valence-corrected chi connectivity index (χ1v) is 4.00. The van der Waals surface area contributed by atoms with Crippen molar-refractivity contribution in [1.82, 2.24) is 0 Å². The molecule has 0 heterocycles. The molecule has 0 amide bonds. The van der Waals surface area contributed by atoms with Crippen LogP contribution in [0.15, 0.2) is 42.5 Å². The maximum absolute atomic E-state index is 10.8. The summed E-state index contributed by atoms with van der Waals surface area (Å²) in [5.74, 6) is -0.878. The van der Waals surface area contributed by atoms with Crippen molar-refractivity contribution < 1.29 is 43.5 Å². The maximum atomic E-state index is 10.8. The third-order valence-electron chi connectivity index (χ3n) is 2.02. The van der Waals surface area contributed by atoms with Crippen LogP contribution in [0, 0.1) is 0 Å². The smallest absolute Gasteiger partial charge is 0.336 e. The number of benzene rings is 2. The molecule has 0 bridgehead atoms. The van der Waals surface area contributed by atoms with Crippen molar-refractivity contribution in [2.75, 3.05) is 0 Å². The second-order valence-corrected chi connectivity index (χ2v) is 2.83. The molecule has 0 saturated carbocycles. The summed E-state index contributed by atoms with van der Waals surface area (Å²) in [5, 5.41) is 10.6. The number of fused-ring (bicyclic) bond motifs is 1. The number of hydrogen-bond donors (Lipinski definition) is 1. The number of rotatable bonds is 1. The second kappa shape index (κ2) is 5.92. The van der Waals surface area contributed by atoms with Crippen molar-refractivity contribution in [1.29, 1.82) is 0 Å². The average Bonchev–Trinajstić information content (AvgIpc) is 2.17. The van der Waals surface area contributed by atoms with Gasteiger partial charge in [0.15, 0.2) is 0 Å². The largest absolute Gasteiger partial charge is 0.478 e. The summed E-state index contributed by atoms with van der Waals surface area (Å²) in [6.45, 7) is 0. The van der Waals surface area contributed by atoms with Crippen LogP contribution < -0.4 is 0 Å². The van der Waals surface area contributed by atoms with Gasteiger partial charge in [0.1, 0.15) is 0 Å². The molecule has 0 aromatic heterocycles. The zero-order valence-corrected chi connectivity index (χ0v) is 9.65. The van der Waals surface area contributed by atoms with Gasteiger partial charge < -0.3 is 5.11 Å². The van der Waals surface area contributed by atoms with Crippen LogP contribution in [0.1, 0.15) is 10.4 Å². The van der Waals surface area contributed by atoms with Crippen LogP contribution in [-0.2, 0) is 33.6 Å². The van der Waals surface area contributed by atoms with E-state index in [1.54, 1.807) is 12.1 Å². The minimum Gasteiger partial charge on any atom is -0.478 e. The first-order valence-electron chi connectivity index (χ1n) is 4.00. The van der Waals surface area contributed by atoms with Gasteiger partial charge >= 0.3 is 5.97 Å². The fourth-order valence-corrected chi connectivity index (χ4v) is 1.41. The molecule has 2 rings (SSSR count). The zero-order valence-electron chi connectivity index (χ0n) is 7.56. The minimum atomic E-state index is -0.878. The van der Waals surface area contributed by atoms with E-state index in [1.807, 2.05) is 30.3 Å². The first-order chi connectivity index (χ1) is 6.29. The van der Waals surface area contributed by atoms with E-state index in [9.17, 15) is 4.79 Å². The van der Waals surface area contributed by atoms with Crippen LogP contribution in [0.3, 0.4) is 0 Å². The molecule has 4 heteroatoms. The standard InChI is InChI=1S/C11H8O2.2Co/c12-11(13)10-7-3-5-8-4-1-2-6-9(8)10;;/h1-7H,(H,12,13);;. The van der Waals surface area contributed by atoms with E-state index in [-0.39, 0.29) is 33.6 Å². The van der Waals surface area contributed by atoms with E-state index in [4.69, 9.17) is 5.11 Å². The summed E-state index contributed by atoms with van der Waals surface area (Å²) in [6, 6.07) is 12.7. The van der Waals surface area contributed by atoms with E-state index in [2.05, 4.69) is 0 Å². The van der Waals surface area contributed by atoms with Gasteiger partial charge in [0, 0.05) is 33.6 Å². The Morgan fingerprint density at radius 1 is 0.933 bits per heavy atom. The topological polar surface area (TPSA) is 37.3 Å². The quantitative estimate of drug-likeness (QED) is 0.876. The monoisotopic (exact) mass is 290 g/mol. The predicted molar refractivity (Wildman–Crippen MR) is 50.9 cm³/mol. The SMILES string of the molecule is O=C(O)c1cccc2ccccc12.[Co].[Co]. The van der Waals surface area contributed by atoms with E-state index in [0.717, 1.165) is 10.8 Å². The van der Waals surface area contributed by atoms with E-state index in [0.29, 0.717) is 5.56 Å². The van der Waals surface area contributed by atoms with Crippen LogP contribution in [0.2, 0.25) is 0 Å². The average molecular weight is 290 g/mol. The molecule has 0 aliphatic rings. The van der Waals surface area contributed by atoms with Crippen molar-refractivity contribution >= 4 is 16.7 Å². The molecular weight excluding hydrogens is 282 g/mol. The van der Waals surface area contributed by atoms with Gasteiger partial charge in [-0.15, -0.1) is 0 Å². The van der Waals surface area contributed by atoms with E-state index >= 15 is 0 Å². The molecule has 0 fully saturated rings. The molecular formula is C11H8Co2O2. The zero-order chi connectivity index (χ0) is 9.26. The van der Waals surface area contributed by atoms with E-state index in [1.165, 1.54) is 0 Å². The van der Waals surface area contributed by atoms with Crippen LogP contribution >= 0.6 is 0 Å². The molecule has 82 valence electrons. The fraction of sp³-hybridized carbons (Fsp3) is 0. The Labute approximate surface area is 108 Å². The van der Waals surface area contributed by atoms with Gasteiger partial charge in [-0.1, -0.05) is 36.4 Å². The van der Waals surface area contributed by atoms with Crippen molar-refractivity contribution in [2.45, 2.75) is 0 Å². The van der Waals surface area contributed by atoms with Crippen LogP contribution in [-0.4, -0.2) is 11.1 Å². The Morgan fingerprint density at radius 3 is 2.20 bits per heavy atom. The molecule has 0 atom stereocenters. The molecule has 15 heavy (non-hydrogen) atoms. The number of carbonyl (C=O) groups is 1. The summed E-state index contributed by atoms with van der Waals surface area (Å²) in [4.78, 5) is 10.8. The van der Waals surface area contributed by atoms with Gasteiger partial charge in [-0.3, -0.25) is 0 Å². The van der Waals surface area contributed by atoms with Crippen molar-refractivity contribution in [3.8, 4) is 0 Å². The van der Waals surface area contributed by atoms with Crippen molar-refractivity contribution in [3.05, 3.63) is 48.0 Å². The molecule has 0 spiro atoms. The van der Waals surface area contributed by atoms with Gasteiger partial charge in [-0.05, 0) is 16.8 Å². The van der Waals surface area contributed by atoms with E-state index < -0.39 is 5.97 Å². The molecule has 2 aromatic carbocycles. The molecule has 0 aliphatic heterocycles. The van der Waals surface area contributed by atoms with Crippen molar-refractivity contribution in [3.63, 3.8) is 0 Å². The Hall–Kier alpha value is -0.817. The first kappa shape index (κ1) is 14.2. The summed E-state index contributed by atoms with van der Waals surface area (Å²) in [5.41, 5.74) is 0.359. The third-order valence-corrected chi connectivity index (χ3v) is 2.02.